The van der Waals surface area contributed by atoms with Crippen molar-refractivity contribution in [2.45, 2.75) is 64.5 Å². The number of carbonyl (C=O) groups is 1. The zero-order valence-electron chi connectivity index (χ0n) is 16.0. The Morgan fingerprint density at radius 3 is 2.42 bits per heavy atom. The van der Waals surface area contributed by atoms with E-state index in [1.165, 1.54) is 18.5 Å². The third-order valence-electron chi connectivity index (χ3n) is 5.90. The van der Waals surface area contributed by atoms with Gasteiger partial charge in [-0.25, -0.2) is 9.78 Å². The van der Waals surface area contributed by atoms with Crippen LogP contribution < -0.4 is 16.0 Å². The van der Waals surface area contributed by atoms with Crippen LogP contribution in [-0.4, -0.2) is 36.3 Å². The minimum atomic E-state index is -0.670. The van der Waals surface area contributed by atoms with Crippen molar-refractivity contribution >= 4 is 17.6 Å². The normalized spacial score (nSPS) is 24.5. The fourth-order valence-corrected chi connectivity index (χ4v) is 4.18. The molecular weight excluding hydrogens is 328 g/mol. The zero-order valence-corrected chi connectivity index (χ0v) is 16.0. The maximum atomic E-state index is 10.8. The van der Waals surface area contributed by atoms with E-state index in [1.807, 2.05) is 6.20 Å². The second-order valence-electron chi connectivity index (χ2n) is 8.02. The van der Waals surface area contributed by atoms with E-state index in [9.17, 15) is 4.79 Å². The monoisotopic (exact) mass is 360 g/mol. The number of hydrogen-bond donors (Lipinski definition) is 2. The molecular formula is C20H32N4O2. The van der Waals surface area contributed by atoms with Gasteiger partial charge in [-0.05, 0) is 62.5 Å². The molecule has 1 saturated heterocycles. The molecule has 6 nitrogen and oxygen atoms in total. The Morgan fingerprint density at radius 1 is 1.19 bits per heavy atom. The van der Waals surface area contributed by atoms with Gasteiger partial charge in [-0.1, -0.05) is 13.8 Å². The Bertz CT molecular complexity index is 574. The van der Waals surface area contributed by atoms with Crippen LogP contribution in [0, 0.1) is 11.8 Å². The lowest BCUT2D eigenvalue weighted by atomic mass is 9.86. The SMILES string of the molecule is CC(C)C1CCN(c2ccc(NC3CCC(OC(N)=O)CC3)nc2)CC1. The van der Waals surface area contributed by atoms with Crippen molar-refractivity contribution in [3.63, 3.8) is 0 Å². The standard InChI is InChI=1S/C20H32N4O2/c1-14(2)15-9-11-24(12-10-15)17-5-8-19(22-13-17)23-16-3-6-18(7-4-16)26-20(21)25/h5,8,13-16,18H,3-4,6-7,9-12H2,1-2H3,(H2,21,25)(H,22,23). The van der Waals surface area contributed by atoms with Gasteiger partial charge in [0, 0.05) is 19.1 Å². The highest BCUT2D eigenvalue weighted by Gasteiger charge is 2.24. The number of carbonyl (C=O) groups excluding carboxylic acids is 1. The molecule has 0 radical (unpaired) electrons. The number of nitrogens with zero attached hydrogens (tertiary/aromatic N) is 2. The summed E-state index contributed by atoms with van der Waals surface area (Å²) in [5.74, 6) is 2.56. The molecule has 3 rings (SSSR count). The Morgan fingerprint density at radius 2 is 1.88 bits per heavy atom. The quantitative estimate of drug-likeness (QED) is 0.835. The Hall–Kier alpha value is -1.98. The zero-order chi connectivity index (χ0) is 18.5. The fourth-order valence-electron chi connectivity index (χ4n) is 4.18. The molecule has 1 aliphatic heterocycles. The van der Waals surface area contributed by atoms with E-state index in [1.54, 1.807) is 0 Å². The first-order valence-corrected chi connectivity index (χ1v) is 9.95. The lowest BCUT2D eigenvalue weighted by molar-refractivity contribution is 0.0805. The summed E-state index contributed by atoms with van der Waals surface area (Å²) in [7, 11) is 0. The number of rotatable bonds is 5. The molecule has 3 N–H and O–H groups in total. The highest BCUT2D eigenvalue weighted by atomic mass is 16.6. The molecule has 0 aromatic carbocycles. The number of primary amides is 1. The van der Waals surface area contributed by atoms with Crippen LogP contribution in [0.3, 0.4) is 0 Å². The van der Waals surface area contributed by atoms with E-state index in [-0.39, 0.29) is 6.10 Å². The number of hydrogen-bond acceptors (Lipinski definition) is 5. The van der Waals surface area contributed by atoms with Crippen molar-refractivity contribution in [1.82, 2.24) is 4.98 Å². The minimum absolute atomic E-state index is 0.0327. The summed E-state index contributed by atoms with van der Waals surface area (Å²) in [6, 6.07) is 4.63. The van der Waals surface area contributed by atoms with Crippen LogP contribution in [0.15, 0.2) is 18.3 Å². The molecule has 144 valence electrons. The van der Waals surface area contributed by atoms with Crippen molar-refractivity contribution in [3.05, 3.63) is 18.3 Å². The van der Waals surface area contributed by atoms with Crippen LogP contribution >= 0.6 is 0 Å². The molecule has 26 heavy (non-hydrogen) atoms. The smallest absolute Gasteiger partial charge is 0.404 e. The second kappa shape index (κ2) is 8.60. The predicted molar refractivity (Wildman–Crippen MR) is 104 cm³/mol. The van der Waals surface area contributed by atoms with E-state index in [4.69, 9.17) is 10.5 Å². The molecule has 1 aromatic rings. The first-order valence-electron chi connectivity index (χ1n) is 9.95. The maximum absolute atomic E-state index is 10.8. The predicted octanol–water partition coefficient (Wildman–Crippen LogP) is 3.77. The number of nitrogens with one attached hydrogen (secondary N) is 1. The van der Waals surface area contributed by atoms with Gasteiger partial charge in [0.15, 0.2) is 0 Å². The molecule has 1 saturated carbocycles. The van der Waals surface area contributed by atoms with Gasteiger partial charge in [-0.15, -0.1) is 0 Å². The molecule has 0 atom stereocenters. The van der Waals surface area contributed by atoms with E-state index in [0.717, 1.165) is 56.4 Å². The van der Waals surface area contributed by atoms with Crippen molar-refractivity contribution in [3.8, 4) is 0 Å². The van der Waals surface area contributed by atoms with Crippen LogP contribution in [0.25, 0.3) is 0 Å². The van der Waals surface area contributed by atoms with Gasteiger partial charge in [-0.2, -0.15) is 0 Å². The third-order valence-corrected chi connectivity index (χ3v) is 5.90. The van der Waals surface area contributed by atoms with Crippen molar-refractivity contribution < 1.29 is 9.53 Å². The molecule has 1 amide bonds. The number of ether oxygens (including phenoxy) is 1. The summed E-state index contributed by atoms with van der Waals surface area (Å²) in [5, 5.41) is 3.51. The van der Waals surface area contributed by atoms with Crippen molar-refractivity contribution in [1.29, 1.82) is 0 Å². The Labute approximate surface area is 156 Å². The molecule has 1 aromatic heterocycles. The number of anilines is 2. The van der Waals surface area contributed by atoms with Crippen LogP contribution in [-0.2, 0) is 4.74 Å². The van der Waals surface area contributed by atoms with E-state index < -0.39 is 6.09 Å². The highest BCUT2D eigenvalue weighted by Crippen LogP contribution is 2.28. The average molecular weight is 361 g/mol. The van der Waals surface area contributed by atoms with Gasteiger partial charge in [0.25, 0.3) is 0 Å². The van der Waals surface area contributed by atoms with Gasteiger partial charge >= 0.3 is 6.09 Å². The first kappa shape index (κ1) is 18.8. The van der Waals surface area contributed by atoms with Gasteiger partial charge in [0.05, 0.1) is 11.9 Å². The van der Waals surface area contributed by atoms with Crippen LogP contribution in [0.5, 0.6) is 0 Å². The average Bonchev–Trinajstić information content (AvgIpc) is 2.64. The second-order valence-corrected chi connectivity index (χ2v) is 8.02. The van der Waals surface area contributed by atoms with Crippen molar-refractivity contribution in [2.75, 3.05) is 23.3 Å². The van der Waals surface area contributed by atoms with Gasteiger partial charge in [-0.3, -0.25) is 0 Å². The van der Waals surface area contributed by atoms with Crippen molar-refractivity contribution in [2.24, 2.45) is 17.6 Å². The molecule has 0 bridgehead atoms. The molecule has 2 heterocycles. The molecule has 2 aliphatic rings. The Kier molecular flexibility index (Phi) is 6.22. The summed E-state index contributed by atoms with van der Waals surface area (Å²) in [5.41, 5.74) is 6.31. The molecule has 1 aliphatic carbocycles. The summed E-state index contributed by atoms with van der Waals surface area (Å²) >= 11 is 0. The number of pyridine rings is 1. The van der Waals surface area contributed by atoms with Crippen LogP contribution in [0.2, 0.25) is 0 Å². The molecule has 0 unspecified atom stereocenters. The number of nitrogens with two attached hydrogens (primary N) is 1. The van der Waals surface area contributed by atoms with E-state index >= 15 is 0 Å². The summed E-state index contributed by atoms with van der Waals surface area (Å²) in [4.78, 5) is 17.9. The van der Waals surface area contributed by atoms with E-state index in [0.29, 0.717) is 6.04 Å². The Balaban J connectivity index is 1.46. The van der Waals surface area contributed by atoms with Gasteiger partial charge in [0.2, 0.25) is 0 Å². The van der Waals surface area contributed by atoms with Gasteiger partial charge in [0.1, 0.15) is 11.9 Å². The lowest BCUT2D eigenvalue weighted by Gasteiger charge is -2.35. The lowest BCUT2D eigenvalue weighted by Crippen LogP contribution is -2.35. The molecule has 0 spiro atoms. The summed E-state index contributed by atoms with van der Waals surface area (Å²) < 4.78 is 5.08. The first-order chi connectivity index (χ1) is 12.5. The molecule has 2 fully saturated rings. The minimum Gasteiger partial charge on any atom is -0.446 e. The van der Waals surface area contributed by atoms with Gasteiger partial charge < -0.3 is 20.7 Å². The molecule has 6 heteroatoms. The number of aromatic nitrogens is 1. The van der Waals surface area contributed by atoms with Crippen LogP contribution in [0.1, 0.15) is 52.4 Å². The third kappa shape index (κ3) is 5.02. The van der Waals surface area contributed by atoms with Crippen LogP contribution in [0.4, 0.5) is 16.3 Å². The number of amides is 1. The fraction of sp³-hybridized carbons (Fsp3) is 0.700. The summed E-state index contributed by atoms with van der Waals surface area (Å²) in [6.07, 6.45) is 7.45. The highest BCUT2D eigenvalue weighted by molar-refractivity contribution is 5.64. The van der Waals surface area contributed by atoms with E-state index in [2.05, 4.69) is 41.2 Å². The topological polar surface area (TPSA) is 80.5 Å². The summed E-state index contributed by atoms with van der Waals surface area (Å²) in [6.45, 7) is 6.91. The maximum Gasteiger partial charge on any atom is 0.404 e. The largest absolute Gasteiger partial charge is 0.446 e. The number of piperidine rings is 1.